The minimum Gasteiger partial charge on any atom is -0.478 e. The van der Waals surface area contributed by atoms with E-state index in [1.807, 2.05) is 11.1 Å². The van der Waals surface area contributed by atoms with Gasteiger partial charge in [0.2, 0.25) is 0 Å². The third kappa shape index (κ3) is 4.67. The van der Waals surface area contributed by atoms with Gasteiger partial charge in [0, 0.05) is 38.3 Å². The number of benzene rings is 2. The predicted molar refractivity (Wildman–Crippen MR) is 99.0 cm³/mol. The number of nitrogens with zero attached hydrogens (tertiary/aromatic N) is 3. The molecule has 0 aromatic heterocycles. The number of carboxylic acid groups (broad SMARTS) is 1. The number of aryl methyl sites for hydroxylation is 1. The van der Waals surface area contributed by atoms with Gasteiger partial charge in [-0.25, -0.2) is 4.79 Å². The van der Waals surface area contributed by atoms with Crippen molar-refractivity contribution in [1.82, 2.24) is 9.91 Å². The summed E-state index contributed by atoms with van der Waals surface area (Å²) in [5.74, 6) is -0.926. The first kappa shape index (κ1) is 17.2. The first-order valence-electron chi connectivity index (χ1n) is 8.51. The normalized spacial score (nSPS) is 15.6. The van der Waals surface area contributed by atoms with Crippen molar-refractivity contribution in [3.8, 4) is 0 Å². The van der Waals surface area contributed by atoms with E-state index in [2.05, 4.69) is 41.2 Å². The van der Waals surface area contributed by atoms with Crippen molar-refractivity contribution in [2.45, 2.75) is 13.5 Å². The van der Waals surface area contributed by atoms with Crippen LogP contribution in [0, 0.1) is 6.92 Å². The standard InChI is InChI=1S/C20H23N3O2/c1-16-6-8-17(9-7-16)15-22-10-12-23(13-11-22)21-14-18-4-2-3-5-19(18)20(24)25/h2-9,14H,10-13,15H2,1H3,(H,24,25). The monoisotopic (exact) mass is 337 g/mol. The Labute approximate surface area is 148 Å². The van der Waals surface area contributed by atoms with Gasteiger partial charge in [0.05, 0.1) is 11.8 Å². The molecular formula is C20H23N3O2. The Bertz CT molecular complexity index is 748. The maximum atomic E-state index is 11.2. The van der Waals surface area contributed by atoms with Crippen LogP contribution >= 0.6 is 0 Å². The lowest BCUT2D eigenvalue weighted by molar-refractivity contribution is 0.0696. The quantitative estimate of drug-likeness (QED) is 0.853. The molecule has 1 heterocycles. The van der Waals surface area contributed by atoms with Gasteiger partial charge in [-0.3, -0.25) is 9.91 Å². The van der Waals surface area contributed by atoms with Crippen LogP contribution in [0.15, 0.2) is 53.6 Å². The van der Waals surface area contributed by atoms with E-state index < -0.39 is 5.97 Å². The average molecular weight is 337 g/mol. The molecule has 0 spiro atoms. The highest BCUT2D eigenvalue weighted by Gasteiger charge is 2.15. The highest BCUT2D eigenvalue weighted by Crippen LogP contribution is 2.11. The second-order valence-corrected chi connectivity index (χ2v) is 6.35. The van der Waals surface area contributed by atoms with Crippen molar-refractivity contribution < 1.29 is 9.90 Å². The second-order valence-electron chi connectivity index (χ2n) is 6.35. The molecule has 0 unspecified atom stereocenters. The molecule has 130 valence electrons. The van der Waals surface area contributed by atoms with Crippen LogP contribution in [-0.4, -0.2) is 53.4 Å². The first-order valence-corrected chi connectivity index (χ1v) is 8.51. The summed E-state index contributed by atoms with van der Waals surface area (Å²) >= 11 is 0. The zero-order chi connectivity index (χ0) is 17.6. The summed E-state index contributed by atoms with van der Waals surface area (Å²) in [6, 6.07) is 15.6. The molecule has 3 rings (SSSR count). The Balaban J connectivity index is 1.54. The van der Waals surface area contributed by atoms with Crippen LogP contribution in [-0.2, 0) is 6.54 Å². The molecule has 2 aromatic rings. The molecule has 25 heavy (non-hydrogen) atoms. The van der Waals surface area contributed by atoms with Crippen LogP contribution in [0.3, 0.4) is 0 Å². The zero-order valence-corrected chi connectivity index (χ0v) is 14.4. The van der Waals surface area contributed by atoms with E-state index in [-0.39, 0.29) is 5.56 Å². The van der Waals surface area contributed by atoms with E-state index in [1.165, 1.54) is 11.1 Å². The third-order valence-electron chi connectivity index (χ3n) is 4.43. The topological polar surface area (TPSA) is 56.1 Å². The van der Waals surface area contributed by atoms with Gasteiger partial charge in [0.25, 0.3) is 0 Å². The number of rotatable bonds is 5. The molecule has 0 bridgehead atoms. The Kier molecular flexibility index (Phi) is 5.46. The molecule has 0 saturated carbocycles. The summed E-state index contributed by atoms with van der Waals surface area (Å²) in [5, 5.41) is 15.7. The molecule has 0 amide bonds. The summed E-state index contributed by atoms with van der Waals surface area (Å²) in [6.45, 7) is 6.65. The number of hydrogen-bond acceptors (Lipinski definition) is 4. The number of carbonyl (C=O) groups is 1. The van der Waals surface area contributed by atoms with E-state index in [4.69, 9.17) is 0 Å². The van der Waals surface area contributed by atoms with Crippen molar-refractivity contribution in [3.63, 3.8) is 0 Å². The van der Waals surface area contributed by atoms with Crippen molar-refractivity contribution in [3.05, 3.63) is 70.8 Å². The SMILES string of the molecule is Cc1ccc(CN2CCN(N=Cc3ccccc3C(=O)O)CC2)cc1. The zero-order valence-electron chi connectivity index (χ0n) is 14.4. The molecule has 0 radical (unpaired) electrons. The molecule has 2 aromatic carbocycles. The number of piperazine rings is 1. The minimum atomic E-state index is -0.926. The first-order chi connectivity index (χ1) is 12.1. The summed E-state index contributed by atoms with van der Waals surface area (Å²) in [5.41, 5.74) is 3.53. The smallest absolute Gasteiger partial charge is 0.336 e. The van der Waals surface area contributed by atoms with Crippen molar-refractivity contribution in [1.29, 1.82) is 0 Å². The Morgan fingerprint density at radius 1 is 1.08 bits per heavy atom. The van der Waals surface area contributed by atoms with Crippen LogP contribution in [0.2, 0.25) is 0 Å². The Morgan fingerprint density at radius 2 is 1.76 bits per heavy atom. The molecule has 1 N–H and O–H groups in total. The molecular weight excluding hydrogens is 314 g/mol. The third-order valence-corrected chi connectivity index (χ3v) is 4.43. The highest BCUT2D eigenvalue weighted by atomic mass is 16.4. The molecule has 1 saturated heterocycles. The molecule has 5 heteroatoms. The fraction of sp³-hybridized carbons (Fsp3) is 0.300. The summed E-state index contributed by atoms with van der Waals surface area (Å²) in [4.78, 5) is 13.6. The minimum absolute atomic E-state index is 0.282. The van der Waals surface area contributed by atoms with Crippen LogP contribution < -0.4 is 0 Å². The predicted octanol–water partition coefficient (Wildman–Crippen LogP) is 2.84. The number of aromatic carboxylic acids is 1. The molecule has 5 nitrogen and oxygen atoms in total. The van der Waals surface area contributed by atoms with E-state index in [1.54, 1.807) is 24.4 Å². The highest BCUT2D eigenvalue weighted by molar-refractivity contribution is 5.98. The average Bonchev–Trinajstić information content (AvgIpc) is 2.63. The Morgan fingerprint density at radius 3 is 2.44 bits per heavy atom. The van der Waals surface area contributed by atoms with Gasteiger partial charge in [-0.15, -0.1) is 0 Å². The largest absolute Gasteiger partial charge is 0.478 e. The Hall–Kier alpha value is -2.66. The second kappa shape index (κ2) is 7.94. The van der Waals surface area contributed by atoms with E-state index in [0.29, 0.717) is 5.56 Å². The van der Waals surface area contributed by atoms with Crippen molar-refractivity contribution in [2.24, 2.45) is 5.10 Å². The van der Waals surface area contributed by atoms with Gasteiger partial charge in [0.1, 0.15) is 0 Å². The fourth-order valence-electron chi connectivity index (χ4n) is 2.91. The van der Waals surface area contributed by atoms with Crippen LogP contribution in [0.1, 0.15) is 27.0 Å². The van der Waals surface area contributed by atoms with Crippen LogP contribution in [0.4, 0.5) is 0 Å². The molecule has 1 fully saturated rings. The lowest BCUT2D eigenvalue weighted by atomic mass is 10.1. The molecule has 0 aliphatic carbocycles. The van der Waals surface area contributed by atoms with Crippen molar-refractivity contribution in [2.75, 3.05) is 26.2 Å². The van der Waals surface area contributed by atoms with E-state index >= 15 is 0 Å². The summed E-state index contributed by atoms with van der Waals surface area (Å²) < 4.78 is 0. The van der Waals surface area contributed by atoms with Crippen LogP contribution in [0.5, 0.6) is 0 Å². The van der Waals surface area contributed by atoms with Gasteiger partial charge in [-0.1, -0.05) is 48.0 Å². The number of hydrogen-bond donors (Lipinski definition) is 1. The number of hydrazone groups is 1. The molecule has 1 aliphatic rings. The van der Waals surface area contributed by atoms with Crippen LogP contribution in [0.25, 0.3) is 0 Å². The maximum Gasteiger partial charge on any atom is 0.336 e. The van der Waals surface area contributed by atoms with Crippen molar-refractivity contribution >= 4 is 12.2 Å². The summed E-state index contributed by atoms with van der Waals surface area (Å²) in [6.07, 6.45) is 1.65. The molecule has 0 atom stereocenters. The maximum absolute atomic E-state index is 11.2. The molecule has 1 aliphatic heterocycles. The van der Waals surface area contributed by atoms with Gasteiger partial charge < -0.3 is 5.11 Å². The summed E-state index contributed by atoms with van der Waals surface area (Å²) in [7, 11) is 0. The van der Waals surface area contributed by atoms with Gasteiger partial charge >= 0.3 is 5.97 Å². The fourth-order valence-corrected chi connectivity index (χ4v) is 2.91. The van der Waals surface area contributed by atoms with Gasteiger partial charge in [0.15, 0.2) is 0 Å². The lowest BCUT2D eigenvalue weighted by Gasteiger charge is -2.33. The van der Waals surface area contributed by atoms with E-state index in [0.717, 1.165) is 32.7 Å². The number of carboxylic acids is 1. The lowest BCUT2D eigenvalue weighted by Crippen LogP contribution is -2.43. The van der Waals surface area contributed by atoms with Gasteiger partial charge in [-0.05, 0) is 18.6 Å². The van der Waals surface area contributed by atoms with Gasteiger partial charge in [-0.2, -0.15) is 5.10 Å². The van der Waals surface area contributed by atoms with E-state index in [9.17, 15) is 9.90 Å².